The standard InChI is InChI=1S/C12H11BrFN5O/c1-6-16-11(20-18-6)2-3-19-10-4-7(13)8(14)5-9(10)17-12(19)15/h4-5H,2-3H2,1H3,(H2,15,17). The number of imidazole rings is 1. The first-order valence-electron chi connectivity index (χ1n) is 5.94. The summed E-state index contributed by atoms with van der Waals surface area (Å²) in [5.41, 5.74) is 7.15. The van der Waals surface area contributed by atoms with Gasteiger partial charge in [0.2, 0.25) is 11.8 Å². The fraction of sp³-hybridized carbons (Fsp3) is 0.250. The van der Waals surface area contributed by atoms with E-state index < -0.39 is 0 Å². The molecule has 2 aromatic heterocycles. The van der Waals surface area contributed by atoms with Gasteiger partial charge in [0.15, 0.2) is 5.82 Å². The lowest BCUT2D eigenvalue weighted by Gasteiger charge is -2.04. The summed E-state index contributed by atoms with van der Waals surface area (Å²) in [4.78, 5) is 8.28. The molecule has 0 saturated heterocycles. The lowest BCUT2D eigenvalue weighted by molar-refractivity contribution is 0.369. The summed E-state index contributed by atoms with van der Waals surface area (Å²) in [6, 6.07) is 3.01. The molecule has 0 amide bonds. The molecule has 2 heterocycles. The number of nitrogen functional groups attached to an aromatic ring is 1. The van der Waals surface area contributed by atoms with E-state index in [0.717, 1.165) is 5.52 Å². The van der Waals surface area contributed by atoms with Gasteiger partial charge in [-0.2, -0.15) is 4.98 Å². The van der Waals surface area contributed by atoms with Gasteiger partial charge in [0.1, 0.15) is 5.82 Å². The van der Waals surface area contributed by atoms with Gasteiger partial charge in [0.05, 0.1) is 15.5 Å². The monoisotopic (exact) mass is 339 g/mol. The van der Waals surface area contributed by atoms with Crippen molar-refractivity contribution in [1.82, 2.24) is 19.7 Å². The molecule has 1 aromatic carbocycles. The maximum absolute atomic E-state index is 13.5. The molecule has 104 valence electrons. The highest BCUT2D eigenvalue weighted by molar-refractivity contribution is 9.10. The molecule has 2 N–H and O–H groups in total. The second-order valence-corrected chi connectivity index (χ2v) is 5.22. The van der Waals surface area contributed by atoms with E-state index in [1.165, 1.54) is 6.07 Å². The fourth-order valence-corrected chi connectivity index (χ4v) is 2.35. The van der Waals surface area contributed by atoms with Gasteiger partial charge in [0, 0.05) is 19.0 Å². The quantitative estimate of drug-likeness (QED) is 0.792. The van der Waals surface area contributed by atoms with E-state index in [4.69, 9.17) is 10.3 Å². The normalized spacial score (nSPS) is 11.3. The first kappa shape index (κ1) is 13.0. The molecule has 3 aromatic rings. The van der Waals surface area contributed by atoms with E-state index in [9.17, 15) is 4.39 Å². The Morgan fingerprint density at radius 3 is 2.90 bits per heavy atom. The van der Waals surface area contributed by atoms with Crippen LogP contribution in [0.3, 0.4) is 0 Å². The van der Waals surface area contributed by atoms with Gasteiger partial charge >= 0.3 is 0 Å². The third-order valence-corrected chi connectivity index (χ3v) is 3.55. The molecular weight excluding hydrogens is 329 g/mol. The van der Waals surface area contributed by atoms with Crippen molar-refractivity contribution >= 4 is 32.9 Å². The van der Waals surface area contributed by atoms with Crippen molar-refractivity contribution in [3.63, 3.8) is 0 Å². The molecule has 0 unspecified atom stereocenters. The van der Waals surface area contributed by atoms with E-state index >= 15 is 0 Å². The van der Waals surface area contributed by atoms with Crippen molar-refractivity contribution in [3.8, 4) is 0 Å². The third-order valence-electron chi connectivity index (χ3n) is 2.94. The summed E-state index contributed by atoms with van der Waals surface area (Å²) >= 11 is 3.16. The summed E-state index contributed by atoms with van der Waals surface area (Å²) < 4.78 is 20.7. The number of hydrogen-bond donors (Lipinski definition) is 1. The van der Waals surface area contributed by atoms with Crippen LogP contribution in [0.1, 0.15) is 11.7 Å². The highest BCUT2D eigenvalue weighted by Gasteiger charge is 2.12. The lowest BCUT2D eigenvalue weighted by Crippen LogP contribution is -2.06. The average Bonchev–Trinajstić information content (AvgIpc) is 2.92. The van der Waals surface area contributed by atoms with Gasteiger partial charge in [0.25, 0.3) is 0 Å². The van der Waals surface area contributed by atoms with Gasteiger partial charge in [-0.15, -0.1) is 0 Å². The number of aryl methyl sites for hydroxylation is 3. The second kappa shape index (κ2) is 4.86. The van der Waals surface area contributed by atoms with Crippen molar-refractivity contribution in [2.24, 2.45) is 0 Å². The van der Waals surface area contributed by atoms with Crippen molar-refractivity contribution < 1.29 is 8.91 Å². The predicted molar refractivity (Wildman–Crippen MR) is 74.5 cm³/mol. The smallest absolute Gasteiger partial charge is 0.228 e. The summed E-state index contributed by atoms with van der Waals surface area (Å²) in [5.74, 6) is 1.08. The van der Waals surface area contributed by atoms with Gasteiger partial charge < -0.3 is 14.8 Å². The van der Waals surface area contributed by atoms with Crippen LogP contribution in [0.5, 0.6) is 0 Å². The molecular formula is C12H11BrFN5O. The van der Waals surface area contributed by atoms with Gasteiger partial charge in [-0.25, -0.2) is 9.37 Å². The number of nitrogens with zero attached hydrogens (tertiary/aromatic N) is 4. The molecule has 6 nitrogen and oxygen atoms in total. The molecule has 0 aliphatic carbocycles. The second-order valence-electron chi connectivity index (χ2n) is 4.36. The summed E-state index contributed by atoms with van der Waals surface area (Å²) in [6.07, 6.45) is 0.533. The van der Waals surface area contributed by atoms with Gasteiger partial charge in [-0.1, -0.05) is 5.16 Å². The molecule has 0 saturated carbocycles. The maximum atomic E-state index is 13.5. The minimum absolute atomic E-state index is 0.328. The Labute approximate surface area is 121 Å². The molecule has 0 aliphatic rings. The van der Waals surface area contributed by atoms with Gasteiger partial charge in [-0.3, -0.25) is 0 Å². The summed E-state index contributed by atoms with van der Waals surface area (Å²) in [6.45, 7) is 2.29. The zero-order valence-electron chi connectivity index (χ0n) is 10.6. The lowest BCUT2D eigenvalue weighted by atomic mass is 10.3. The fourth-order valence-electron chi connectivity index (χ4n) is 2.02. The Kier molecular flexibility index (Phi) is 3.17. The number of hydrogen-bond acceptors (Lipinski definition) is 5. The zero-order valence-corrected chi connectivity index (χ0v) is 12.2. The number of fused-ring (bicyclic) bond motifs is 1. The number of anilines is 1. The average molecular weight is 340 g/mol. The van der Waals surface area contributed by atoms with Crippen LogP contribution >= 0.6 is 15.9 Å². The molecule has 0 fully saturated rings. The van der Waals surface area contributed by atoms with E-state index in [2.05, 4.69) is 31.1 Å². The van der Waals surface area contributed by atoms with E-state index in [-0.39, 0.29) is 5.82 Å². The van der Waals surface area contributed by atoms with Crippen LogP contribution in [0.4, 0.5) is 10.3 Å². The van der Waals surface area contributed by atoms with E-state index in [1.54, 1.807) is 17.6 Å². The molecule has 0 aliphatic heterocycles. The number of nitrogens with two attached hydrogens (primary N) is 1. The van der Waals surface area contributed by atoms with Crippen LogP contribution in [-0.4, -0.2) is 19.7 Å². The van der Waals surface area contributed by atoms with Crippen LogP contribution in [0.2, 0.25) is 0 Å². The van der Waals surface area contributed by atoms with E-state index in [1.807, 2.05) is 0 Å². The Bertz CT molecular complexity index is 782. The zero-order chi connectivity index (χ0) is 14.3. The van der Waals surface area contributed by atoms with Crippen LogP contribution in [0, 0.1) is 12.7 Å². The Hall–Kier alpha value is -1.96. The van der Waals surface area contributed by atoms with Crippen LogP contribution < -0.4 is 5.73 Å². The molecule has 0 radical (unpaired) electrons. The summed E-state index contributed by atoms with van der Waals surface area (Å²) in [5, 5.41) is 3.73. The Morgan fingerprint density at radius 2 is 2.20 bits per heavy atom. The Morgan fingerprint density at radius 1 is 1.40 bits per heavy atom. The van der Waals surface area contributed by atoms with Crippen molar-refractivity contribution in [3.05, 3.63) is 34.1 Å². The number of aromatic nitrogens is 4. The molecule has 3 rings (SSSR count). The van der Waals surface area contributed by atoms with Crippen molar-refractivity contribution in [1.29, 1.82) is 0 Å². The molecule has 0 bridgehead atoms. The molecule has 8 heteroatoms. The van der Waals surface area contributed by atoms with Crippen LogP contribution in [0.15, 0.2) is 21.1 Å². The number of rotatable bonds is 3. The molecule has 0 atom stereocenters. The predicted octanol–water partition coefficient (Wildman–Crippen LogP) is 2.45. The third kappa shape index (κ3) is 2.26. The van der Waals surface area contributed by atoms with E-state index in [0.29, 0.717) is 40.6 Å². The minimum atomic E-state index is -0.366. The number of halogens is 2. The maximum Gasteiger partial charge on any atom is 0.228 e. The minimum Gasteiger partial charge on any atom is -0.369 e. The van der Waals surface area contributed by atoms with Crippen LogP contribution in [-0.2, 0) is 13.0 Å². The molecule has 0 spiro atoms. The number of benzene rings is 1. The summed E-state index contributed by atoms with van der Waals surface area (Å²) in [7, 11) is 0. The Balaban J connectivity index is 1.94. The highest BCUT2D eigenvalue weighted by Crippen LogP contribution is 2.25. The first-order valence-corrected chi connectivity index (χ1v) is 6.74. The van der Waals surface area contributed by atoms with Crippen molar-refractivity contribution in [2.75, 3.05) is 5.73 Å². The SMILES string of the molecule is Cc1noc(CCn2c(N)nc3cc(F)c(Br)cc32)n1. The van der Waals surface area contributed by atoms with Gasteiger partial charge in [-0.05, 0) is 28.9 Å². The van der Waals surface area contributed by atoms with Crippen LogP contribution in [0.25, 0.3) is 11.0 Å². The molecule has 20 heavy (non-hydrogen) atoms. The largest absolute Gasteiger partial charge is 0.369 e. The highest BCUT2D eigenvalue weighted by atomic mass is 79.9. The first-order chi connectivity index (χ1) is 9.54. The topological polar surface area (TPSA) is 82.8 Å². The van der Waals surface area contributed by atoms with Crippen molar-refractivity contribution in [2.45, 2.75) is 19.9 Å².